The zero-order valence-corrected chi connectivity index (χ0v) is 9.51. The Bertz CT molecular complexity index is 312. The number of anilines is 3. The Morgan fingerprint density at radius 3 is 1.81 bits per heavy atom. The SMILES string of the molecule is CONc1nc(NOC)nc(N(C)OC)n1. The van der Waals surface area contributed by atoms with Crippen LogP contribution in [0.15, 0.2) is 0 Å². The van der Waals surface area contributed by atoms with Crippen LogP contribution in [0.5, 0.6) is 0 Å². The lowest BCUT2D eigenvalue weighted by Gasteiger charge is -2.14. The van der Waals surface area contributed by atoms with Gasteiger partial charge in [0, 0.05) is 7.05 Å². The number of hydrogen-bond donors (Lipinski definition) is 2. The van der Waals surface area contributed by atoms with Crippen molar-refractivity contribution in [2.45, 2.75) is 0 Å². The zero-order valence-electron chi connectivity index (χ0n) is 9.51. The summed E-state index contributed by atoms with van der Waals surface area (Å²) in [6.07, 6.45) is 0. The first-order valence-electron chi connectivity index (χ1n) is 4.33. The molecule has 0 saturated carbocycles. The molecule has 9 heteroatoms. The van der Waals surface area contributed by atoms with Crippen LogP contribution in [-0.4, -0.2) is 43.3 Å². The molecule has 0 fully saturated rings. The standard InChI is InChI=1S/C7H14N6O3/c1-13(16-4)7-9-5(11-14-2)8-6(10-7)12-15-3/h1-4H3,(H2,8,9,10,11,12). The predicted molar refractivity (Wildman–Crippen MR) is 56.5 cm³/mol. The molecule has 0 aromatic carbocycles. The number of hydrogen-bond acceptors (Lipinski definition) is 9. The van der Waals surface area contributed by atoms with Gasteiger partial charge < -0.3 is 0 Å². The number of aromatic nitrogens is 3. The molecule has 0 spiro atoms. The molecule has 0 aliphatic heterocycles. The molecule has 1 aromatic rings. The first kappa shape index (κ1) is 12.4. The van der Waals surface area contributed by atoms with Crippen molar-refractivity contribution < 1.29 is 14.5 Å². The molecule has 0 radical (unpaired) electrons. The normalized spacial score (nSPS) is 10.0. The highest BCUT2D eigenvalue weighted by Gasteiger charge is 2.09. The van der Waals surface area contributed by atoms with Gasteiger partial charge in [-0.15, -0.1) is 0 Å². The van der Waals surface area contributed by atoms with E-state index in [1.54, 1.807) is 7.05 Å². The number of hydroxylamine groups is 1. The van der Waals surface area contributed by atoms with Crippen molar-refractivity contribution in [3.8, 4) is 0 Å². The van der Waals surface area contributed by atoms with E-state index < -0.39 is 0 Å². The third-order valence-electron chi connectivity index (χ3n) is 1.57. The van der Waals surface area contributed by atoms with Gasteiger partial charge in [-0.3, -0.25) is 14.5 Å². The number of rotatable bonds is 6. The largest absolute Gasteiger partial charge is 0.277 e. The molecule has 16 heavy (non-hydrogen) atoms. The quantitative estimate of drug-likeness (QED) is 0.645. The van der Waals surface area contributed by atoms with Gasteiger partial charge in [0.2, 0.25) is 0 Å². The smallest absolute Gasteiger partial charge is 0.256 e. The van der Waals surface area contributed by atoms with Crippen LogP contribution < -0.4 is 16.0 Å². The van der Waals surface area contributed by atoms with Gasteiger partial charge in [-0.2, -0.15) is 15.0 Å². The van der Waals surface area contributed by atoms with Gasteiger partial charge >= 0.3 is 0 Å². The summed E-state index contributed by atoms with van der Waals surface area (Å²) in [6, 6.07) is 0. The maximum Gasteiger partial charge on any atom is 0.256 e. The molecular weight excluding hydrogens is 216 g/mol. The minimum absolute atomic E-state index is 0.232. The van der Waals surface area contributed by atoms with E-state index in [-0.39, 0.29) is 11.9 Å². The average Bonchev–Trinajstić information content (AvgIpc) is 2.28. The van der Waals surface area contributed by atoms with Gasteiger partial charge in [-0.05, 0) is 0 Å². The second kappa shape index (κ2) is 6.00. The molecule has 0 atom stereocenters. The highest BCUT2D eigenvalue weighted by Crippen LogP contribution is 2.12. The van der Waals surface area contributed by atoms with Crippen LogP contribution in [0.1, 0.15) is 0 Å². The molecule has 0 saturated heterocycles. The zero-order chi connectivity index (χ0) is 12.0. The Hall–Kier alpha value is -1.71. The van der Waals surface area contributed by atoms with Crippen molar-refractivity contribution in [1.29, 1.82) is 0 Å². The number of nitrogens with zero attached hydrogens (tertiary/aromatic N) is 4. The van der Waals surface area contributed by atoms with E-state index in [1.165, 1.54) is 26.4 Å². The molecule has 0 amide bonds. The summed E-state index contributed by atoms with van der Waals surface area (Å²) in [4.78, 5) is 26.3. The fourth-order valence-corrected chi connectivity index (χ4v) is 0.861. The van der Waals surface area contributed by atoms with E-state index in [0.717, 1.165) is 0 Å². The minimum Gasteiger partial charge on any atom is -0.277 e. The fraction of sp³-hybridized carbons (Fsp3) is 0.571. The van der Waals surface area contributed by atoms with Crippen LogP contribution in [0.25, 0.3) is 0 Å². The van der Waals surface area contributed by atoms with E-state index >= 15 is 0 Å². The van der Waals surface area contributed by atoms with Crippen LogP contribution in [0.3, 0.4) is 0 Å². The lowest BCUT2D eigenvalue weighted by Crippen LogP contribution is -2.20. The molecule has 0 bridgehead atoms. The van der Waals surface area contributed by atoms with Crippen LogP contribution in [0, 0.1) is 0 Å². The van der Waals surface area contributed by atoms with Gasteiger partial charge in [0.1, 0.15) is 0 Å². The van der Waals surface area contributed by atoms with Gasteiger partial charge in [0.15, 0.2) is 0 Å². The van der Waals surface area contributed by atoms with Gasteiger partial charge in [0.05, 0.1) is 21.3 Å². The summed E-state index contributed by atoms with van der Waals surface area (Å²) in [7, 11) is 6.05. The van der Waals surface area contributed by atoms with Gasteiger partial charge in [0.25, 0.3) is 17.8 Å². The molecule has 0 unspecified atom stereocenters. The second-order valence-corrected chi connectivity index (χ2v) is 2.58. The lowest BCUT2D eigenvalue weighted by molar-refractivity contribution is 0.179. The van der Waals surface area contributed by atoms with E-state index in [2.05, 4.69) is 25.9 Å². The average molecular weight is 230 g/mol. The fourth-order valence-electron chi connectivity index (χ4n) is 0.861. The molecule has 90 valence electrons. The van der Waals surface area contributed by atoms with Crippen LogP contribution >= 0.6 is 0 Å². The summed E-state index contributed by atoms with van der Waals surface area (Å²) >= 11 is 0. The predicted octanol–water partition coefficient (Wildman–Crippen LogP) is -0.184. The Morgan fingerprint density at radius 2 is 1.44 bits per heavy atom. The van der Waals surface area contributed by atoms with Crippen molar-refractivity contribution in [3.63, 3.8) is 0 Å². The van der Waals surface area contributed by atoms with Crippen molar-refractivity contribution in [2.75, 3.05) is 44.4 Å². The van der Waals surface area contributed by atoms with Crippen molar-refractivity contribution >= 4 is 17.8 Å². The third kappa shape index (κ3) is 3.15. The second-order valence-electron chi connectivity index (χ2n) is 2.58. The highest BCUT2D eigenvalue weighted by atomic mass is 16.7. The molecule has 0 aliphatic rings. The first-order valence-corrected chi connectivity index (χ1v) is 4.33. The molecule has 9 nitrogen and oxygen atoms in total. The van der Waals surface area contributed by atoms with Crippen molar-refractivity contribution in [2.24, 2.45) is 0 Å². The molecular formula is C7H14N6O3. The first-order chi connectivity index (χ1) is 7.71. The molecule has 1 heterocycles. The summed E-state index contributed by atoms with van der Waals surface area (Å²) in [5, 5.41) is 1.36. The highest BCUT2D eigenvalue weighted by molar-refractivity contribution is 5.40. The Balaban J connectivity index is 2.97. The third-order valence-corrected chi connectivity index (χ3v) is 1.57. The monoisotopic (exact) mass is 230 g/mol. The van der Waals surface area contributed by atoms with Crippen LogP contribution in [0.4, 0.5) is 17.8 Å². The molecule has 1 aromatic heterocycles. The molecule has 0 aliphatic carbocycles. The van der Waals surface area contributed by atoms with Crippen LogP contribution in [0.2, 0.25) is 0 Å². The maximum atomic E-state index is 4.95. The lowest BCUT2D eigenvalue weighted by atomic mass is 10.8. The van der Waals surface area contributed by atoms with E-state index in [0.29, 0.717) is 5.95 Å². The van der Waals surface area contributed by atoms with E-state index in [4.69, 9.17) is 14.5 Å². The topological polar surface area (TPSA) is 93.7 Å². The van der Waals surface area contributed by atoms with Gasteiger partial charge in [-0.1, -0.05) is 0 Å². The summed E-state index contributed by atoms with van der Waals surface area (Å²) in [5.74, 6) is 0.767. The van der Waals surface area contributed by atoms with Crippen LogP contribution in [-0.2, 0) is 14.5 Å². The molecule has 2 N–H and O–H groups in total. The number of nitrogens with one attached hydrogen (secondary N) is 2. The summed E-state index contributed by atoms with van der Waals surface area (Å²) < 4.78 is 0. The summed E-state index contributed by atoms with van der Waals surface area (Å²) in [6.45, 7) is 0. The Morgan fingerprint density at radius 1 is 0.938 bits per heavy atom. The van der Waals surface area contributed by atoms with Gasteiger partial charge in [-0.25, -0.2) is 16.0 Å². The Kier molecular flexibility index (Phi) is 4.64. The maximum absolute atomic E-state index is 4.95. The van der Waals surface area contributed by atoms with Crippen molar-refractivity contribution in [1.82, 2.24) is 15.0 Å². The van der Waals surface area contributed by atoms with E-state index in [1.807, 2.05) is 0 Å². The van der Waals surface area contributed by atoms with E-state index in [9.17, 15) is 0 Å². The summed E-state index contributed by atoms with van der Waals surface area (Å²) in [5.41, 5.74) is 4.97. The Labute approximate surface area is 92.6 Å². The van der Waals surface area contributed by atoms with Crippen molar-refractivity contribution in [3.05, 3.63) is 0 Å². The minimum atomic E-state index is 0.232. The molecule has 1 rings (SSSR count).